The van der Waals surface area contributed by atoms with Crippen molar-refractivity contribution >= 4 is 21.7 Å². The van der Waals surface area contributed by atoms with Gasteiger partial charge in [0.15, 0.2) is 0 Å². The highest BCUT2D eigenvalue weighted by atomic mass is 32.2. The summed E-state index contributed by atoms with van der Waals surface area (Å²) in [6.07, 6.45) is 2.64. The average molecular weight is 550 g/mol. The van der Waals surface area contributed by atoms with Gasteiger partial charge in [-0.1, -0.05) is 17.7 Å². The quantitative estimate of drug-likeness (QED) is 0.336. The average Bonchev–Trinajstić information content (AvgIpc) is 3.34. The Kier molecular flexibility index (Phi) is 7.40. The van der Waals surface area contributed by atoms with Gasteiger partial charge in [0.05, 0.1) is 12.3 Å². The summed E-state index contributed by atoms with van der Waals surface area (Å²) in [5.74, 6) is 1.25. The molecule has 0 saturated carbocycles. The molecule has 4 aromatic rings. The maximum absolute atomic E-state index is 13.0. The molecule has 1 aliphatic rings. The fourth-order valence-electron chi connectivity index (χ4n) is 4.47. The molecule has 0 unspecified atom stereocenters. The Bertz CT molecular complexity index is 1560. The number of rotatable bonds is 8. The molecule has 1 fully saturated rings. The highest BCUT2D eigenvalue weighted by Gasteiger charge is 2.20. The Morgan fingerprint density at radius 3 is 2.18 bits per heavy atom. The van der Waals surface area contributed by atoms with Crippen LogP contribution >= 0.6 is 0 Å². The number of aryl methyl sites for hydroxylation is 4. The van der Waals surface area contributed by atoms with E-state index in [1.807, 2.05) is 57.2 Å². The van der Waals surface area contributed by atoms with Crippen LogP contribution in [0.15, 0.2) is 59.8 Å². The standard InChI is InChI=1S/C27H31N7O4S/c1-18-13-19(2)26(20(3)14-18)38-25-15-24(30-27(31-25)32-39(35,36)23-16-29-33(4)17-23)37-22-7-5-21(6-8-22)34-11-9-28-10-12-34/h5-8,13-17,28H,9-12H2,1-4H3,(H,30,31,32). The van der Waals surface area contributed by atoms with Crippen molar-refractivity contribution in [3.05, 3.63) is 71.5 Å². The van der Waals surface area contributed by atoms with E-state index in [4.69, 9.17) is 9.47 Å². The normalized spacial score (nSPS) is 13.8. The van der Waals surface area contributed by atoms with Gasteiger partial charge in [0.1, 0.15) is 16.4 Å². The zero-order valence-electron chi connectivity index (χ0n) is 22.3. The molecule has 0 amide bonds. The van der Waals surface area contributed by atoms with Crippen molar-refractivity contribution in [1.82, 2.24) is 25.1 Å². The van der Waals surface area contributed by atoms with E-state index < -0.39 is 10.0 Å². The van der Waals surface area contributed by atoms with Crippen LogP contribution in [0.5, 0.6) is 23.3 Å². The monoisotopic (exact) mass is 549 g/mol. The number of sulfonamides is 1. The number of hydrogen-bond donors (Lipinski definition) is 2. The lowest BCUT2D eigenvalue weighted by atomic mass is 10.1. The number of hydrogen-bond acceptors (Lipinski definition) is 9. The van der Waals surface area contributed by atoms with Gasteiger partial charge in [0.25, 0.3) is 10.0 Å². The Morgan fingerprint density at radius 2 is 1.56 bits per heavy atom. The minimum atomic E-state index is -3.99. The zero-order valence-corrected chi connectivity index (χ0v) is 23.1. The van der Waals surface area contributed by atoms with Gasteiger partial charge in [0, 0.05) is 45.1 Å². The summed E-state index contributed by atoms with van der Waals surface area (Å²) >= 11 is 0. The molecule has 0 spiro atoms. The molecule has 1 aliphatic heterocycles. The highest BCUT2D eigenvalue weighted by Crippen LogP contribution is 2.32. The topological polar surface area (TPSA) is 123 Å². The van der Waals surface area contributed by atoms with E-state index in [0.717, 1.165) is 48.6 Å². The van der Waals surface area contributed by atoms with E-state index in [1.54, 1.807) is 7.05 Å². The van der Waals surface area contributed by atoms with Crippen LogP contribution in [0.4, 0.5) is 11.6 Å². The first-order chi connectivity index (χ1) is 18.7. The molecule has 39 heavy (non-hydrogen) atoms. The van der Waals surface area contributed by atoms with Crippen LogP contribution in [0.25, 0.3) is 0 Å². The van der Waals surface area contributed by atoms with Crippen molar-refractivity contribution in [1.29, 1.82) is 0 Å². The molecule has 2 aromatic heterocycles. The number of nitrogens with zero attached hydrogens (tertiary/aromatic N) is 5. The number of benzene rings is 2. The van der Waals surface area contributed by atoms with E-state index in [1.165, 1.54) is 23.1 Å². The molecule has 204 valence electrons. The van der Waals surface area contributed by atoms with Crippen LogP contribution in [0.3, 0.4) is 0 Å². The van der Waals surface area contributed by atoms with Gasteiger partial charge in [-0.15, -0.1) is 0 Å². The summed E-state index contributed by atoms with van der Waals surface area (Å²) in [6, 6.07) is 13.2. The second-order valence-electron chi connectivity index (χ2n) is 9.49. The van der Waals surface area contributed by atoms with Crippen molar-refractivity contribution in [2.24, 2.45) is 7.05 Å². The van der Waals surface area contributed by atoms with Crippen molar-refractivity contribution < 1.29 is 17.9 Å². The largest absolute Gasteiger partial charge is 0.439 e. The van der Waals surface area contributed by atoms with Crippen molar-refractivity contribution in [3.8, 4) is 23.3 Å². The summed E-state index contributed by atoms with van der Waals surface area (Å²) in [6.45, 7) is 9.66. The van der Waals surface area contributed by atoms with Crippen LogP contribution < -0.4 is 24.4 Å². The molecular formula is C27H31N7O4S. The van der Waals surface area contributed by atoms with Crippen LogP contribution in [-0.4, -0.2) is 54.3 Å². The molecule has 11 nitrogen and oxygen atoms in total. The van der Waals surface area contributed by atoms with Crippen LogP contribution in [0.1, 0.15) is 16.7 Å². The molecule has 12 heteroatoms. The Morgan fingerprint density at radius 1 is 0.923 bits per heavy atom. The fraction of sp³-hybridized carbons (Fsp3) is 0.296. The first kappa shape index (κ1) is 26.4. The molecule has 3 heterocycles. The third-order valence-corrected chi connectivity index (χ3v) is 7.53. The van der Waals surface area contributed by atoms with Crippen molar-refractivity contribution in [2.45, 2.75) is 25.7 Å². The third-order valence-electron chi connectivity index (χ3n) is 6.25. The van der Waals surface area contributed by atoms with Gasteiger partial charge in [-0.3, -0.25) is 4.68 Å². The molecule has 0 bridgehead atoms. The number of ether oxygens (including phenoxy) is 2. The van der Waals surface area contributed by atoms with Gasteiger partial charge < -0.3 is 19.7 Å². The summed E-state index contributed by atoms with van der Waals surface area (Å²) in [7, 11) is -2.36. The van der Waals surface area contributed by atoms with E-state index in [0.29, 0.717) is 11.5 Å². The van der Waals surface area contributed by atoms with Crippen LogP contribution in [-0.2, 0) is 17.1 Å². The minimum absolute atomic E-state index is 0.0175. The second-order valence-corrected chi connectivity index (χ2v) is 11.2. The smallest absolute Gasteiger partial charge is 0.267 e. The Hall–Kier alpha value is -4.16. The van der Waals surface area contributed by atoms with Crippen molar-refractivity contribution in [2.75, 3.05) is 35.8 Å². The molecular weight excluding hydrogens is 518 g/mol. The molecule has 0 radical (unpaired) electrons. The molecule has 2 aromatic carbocycles. The third kappa shape index (κ3) is 6.29. The lowest BCUT2D eigenvalue weighted by Gasteiger charge is -2.29. The summed E-state index contributed by atoms with van der Waals surface area (Å²) < 4.78 is 41.9. The van der Waals surface area contributed by atoms with E-state index in [9.17, 15) is 8.42 Å². The maximum Gasteiger partial charge on any atom is 0.267 e. The highest BCUT2D eigenvalue weighted by molar-refractivity contribution is 7.92. The Balaban J connectivity index is 1.45. The molecule has 5 rings (SSSR count). The number of anilines is 2. The van der Waals surface area contributed by atoms with Crippen LogP contribution in [0, 0.1) is 20.8 Å². The molecule has 1 saturated heterocycles. The molecule has 2 N–H and O–H groups in total. The zero-order chi connectivity index (χ0) is 27.6. The maximum atomic E-state index is 13.0. The van der Waals surface area contributed by atoms with Gasteiger partial charge in [-0.2, -0.15) is 15.1 Å². The van der Waals surface area contributed by atoms with Gasteiger partial charge in [-0.25, -0.2) is 13.1 Å². The minimum Gasteiger partial charge on any atom is -0.439 e. The van der Waals surface area contributed by atoms with Gasteiger partial charge in [-0.05, 0) is 56.2 Å². The van der Waals surface area contributed by atoms with E-state index in [-0.39, 0.29) is 22.6 Å². The van der Waals surface area contributed by atoms with Crippen LogP contribution in [0.2, 0.25) is 0 Å². The summed E-state index contributed by atoms with van der Waals surface area (Å²) in [5, 5.41) is 7.29. The lowest BCUT2D eigenvalue weighted by Crippen LogP contribution is -2.43. The summed E-state index contributed by atoms with van der Waals surface area (Å²) in [5.41, 5.74) is 4.06. The number of piperazine rings is 1. The molecule has 0 aliphatic carbocycles. The van der Waals surface area contributed by atoms with Crippen molar-refractivity contribution in [3.63, 3.8) is 0 Å². The second kappa shape index (κ2) is 10.9. The molecule has 0 atom stereocenters. The number of nitrogens with one attached hydrogen (secondary N) is 2. The van der Waals surface area contributed by atoms with Gasteiger partial charge >= 0.3 is 0 Å². The predicted octanol–water partition coefficient (Wildman–Crippen LogP) is 3.93. The Labute approximate surface area is 227 Å². The van der Waals surface area contributed by atoms with Gasteiger partial charge in [0.2, 0.25) is 17.7 Å². The predicted molar refractivity (Wildman–Crippen MR) is 148 cm³/mol. The fourth-order valence-corrected chi connectivity index (χ4v) is 5.40. The van der Waals surface area contributed by atoms with E-state index >= 15 is 0 Å². The first-order valence-corrected chi connectivity index (χ1v) is 14.0. The van der Waals surface area contributed by atoms with E-state index in [2.05, 4.69) is 30.0 Å². The SMILES string of the molecule is Cc1cc(C)c(Oc2cc(Oc3ccc(N4CCNCC4)cc3)nc(NS(=O)(=O)c3cnn(C)c3)n2)c(C)c1. The summed E-state index contributed by atoms with van der Waals surface area (Å²) in [4.78, 5) is 10.9. The lowest BCUT2D eigenvalue weighted by molar-refractivity contribution is 0.432. The number of aromatic nitrogens is 4. The first-order valence-electron chi connectivity index (χ1n) is 12.6.